The lowest BCUT2D eigenvalue weighted by Gasteiger charge is -2.38. The number of nitrogens with one attached hydrogen (secondary N) is 1. The molecule has 0 aromatic heterocycles. The van der Waals surface area contributed by atoms with Gasteiger partial charge in [-0.15, -0.1) is 11.8 Å². The van der Waals surface area contributed by atoms with E-state index < -0.39 is 28.8 Å². The molecule has 1 amide bonds. The molecule has 1 heterocycles. The van der Waals surface area contributed by atoms with Crippen LogP contribution in [0.15, 0.2) is 53.9 Å². The van der Waals surface area contributed by atoms with E-state index in [1.54, 1.807) is 17.8 Å². The molecule has 4 nitrogen and oxygen atoms in total. The van der Waals surface area contributed by atoms with Crippen LogP contribution in [0.25, 0.3) is 0 Å². The normalized spacial score (nSPS) is 20.3. The van der Waals surface area contributed by atoms with Crippen LogP contribution in [0.5, 0.6) is 0 Å². The number of halogens is 3. The van der Waals surface area contributed by atoms with Crippen LogP contribution in [-0.2, 0) is 17.4 Å². The SMILES string of the molecule is N#Cc1ccc(NC(=O)C(O)(Cc2ccccc2C2C=CSC2)C2CCCCC2)cc1C(F)(F)F. The molecule has 2 aliphatic rings. The van der Waals surface area contributed by atoms with Crippen LogP contribution in [0, 0.1) is 17.2 Å². The van der Waals surface area contributed by atoms with Crippen LogP contribution >= 0.6 is 11.8 Å². The zero-order valence-corrected chi connectivity index (χ0v) is 20.0. The number of benzene rings is 2. The highest BCUT2D eigenvalue weighted by atomic mass is 32.2. The van der Waals surface area contributed by atoms with Crippen molar-refractivity contribution in [1.29, 1.82) is 5.26 Å². The van der Waals surface area contributed by atoms with Crippen molar-refractivity contribution in [2.75, 3.05) is 11.1 Å². The highest BCUT2D eigenvalue weighted by Crippen LogP contribution is 2.39. The summed E-state index contributed by atoms with van der Waals surface area (Å²) in [6, 6.07) is 12.3. The van der Waals surface area contributed by atoms with Crippen molar-refractivity contribution in [3.05, 3.63) is 76.2 Å². The van der Waals surface area contributed by atoms with Gasteiger partial charge in [0, 0.05) is 23.8 Å². The second-order valence-corrected chi connectivity index (χ2v) is 10.2. The number of allylic oxidation sites excluding steroid dienone is 1. The summed E-state index contributed by atoms with van der Waals surface area (Å²) >= 11 is 1.71. The molecule has 2 unspecified atom stereocenters. The minimum atomic E-state index is -4.74. The van der Waals surface area contributed by atoms with Crippen LogP contribution < -0.4 is 5.32 Å². The van der Waals surface area contributed by atoms with Gasteiger partial charge in [-0.2, -0.15) is 18.4 Å². The largest absolute Gasteiger partial charge is 0.417 e. The van der Waals surface area contributed by atoms with Gasteiger partial charge >= 0.3 is 6.18 Å². The van der Waals surface area contributed by atoms with Gasteiger partial charge in [-0.3, -0.25) is 4.79 Å². The molecule has 4 rings (SSSR count). The Morgan fingerprint density at radius 2 is 1.89 bits per heavy atom. The number of nitriles is 1. The zero-order valence-electron chi connectivity index (χ0n) is 19.1. The van der Waals surface area contributed by atoms with Crippen molar-refractivity contribution in [3.63, 3.8) is 0 Å². The van der Waals surface area contributed by atoms with Crippen molar-refractivity contribution in [1.82, 2.24) is 0 Å². The molecule has 2 atom stereocenters. The van der Waals surface area contributed by atoms with Gasteiger partial charge in [0.15, 0.2) is 0 Å². The van der Waals surface area contributed by atoms with E-state index in [9.17, 15) is 23.1 Å². The zero-order chi connectivity index (χ0) is 25.1. The molecule has 184 valence electrons. The van der Waals surface area contributed by atoms with E-state index in [1.165, 1.54) is 6.07 Å². The average Bonchev–Trinajstić information content (AvgIpc) is 3.39. The van der Waals surface area contributed by atoms with Crippen molar-refractivity contribution in [2.45, 2.75) is 56.2 Å². The number of amides is 1. The molecule has 2 aromatic rings. The van der Waals surface area contributed by atoms with Crippen LogP contribution in [0.3, 0.4) is 0 Å². The lowest BCUT2D eigenvalue weighted by Crippen LogP contribution is -2.51. The molecule has 8 heteroatoms. The van der Waals surface area contributed by atoms with Crippen LogP contribution in [0.4, 0.5) is 18.9 Å². The lowest BCUT2D eigenvalue weighted by atomic mass is 9.72. The van der Waals surface area contributed by atoms with Crippen LogP contribution in [0.1, 0.15) is 60.3 Å². The predicted octanol–water partition coefficient (Wildman–Crippen LogP) is 6.41. The second-order valence-electron chi connectivity index (χ2n) is 9.23. The number of thioether (sulfide) groups is 1. The summed E-state index contributed by atoms with van der Waals surface area (Å²) in [4.78, 5) is 13.6. The van der Waals surface area contributed by atoms with Crippen molar-refractivity contribution in [2.24, 2.45) is 5.92 Å². The van der Waals surface area contributed by atoms with Crippen LogP contribution in [-0.4, -0.2) is 22.4 Å². The number of alkyl halides is 3. The predicted molar refractivity (Wildman–Crippen MR) is 131 cm³/mol. The summed E-state index contributed by atoms with van der Waals surface area (Å²) in [7, 11) is 0. The fourth-order valence-electron chi connectivity index (χ4n) is 5.09. The van der Waals surface area contributed by atoms with Gasteiger partial charge in [-0.05, 0) is 53.5 Å². The van der Waals surface area contributed by atoms with Gasteiger partial charge in [-0.1, -0.05) is 49.6 Å². The molecule has 1 saturated carbocycles. The standard InChI is InChI=1S/C27H27F3N2O2S/c28-27(29,30)24-14-22(11-10-19(24)16-31)32-25(33)26(34,21-7-2-1-3-8-21)15-18-6-4-5-9-23(18)20-12-13-35-17-20/h4-6,9-14,20-21,34H,1-3,7-8,15,17H2,(H,32,33). The smallest absolute Gasteiger partial charge is 0.379 e. The Labute approximate surface area is 207 Å². The Kier molecular flexibility index (Phi) is 7.58. The molecule has 0 bridgehead atoms. The monoisotopic (exact) mass is 500 g/mol. The third-order valence-corrected chi connectivity index (χ3v) is 7.88. The highest BCUT2D eigenvalue weighted by Gasteiger charge is 2.45. The number of hydrogen-bond donors (Lipinski definition) is 2. The number of carbonyl (C=O) groups excluding carboxylic acids is 1. The molecule has 0 saturated heterocycles. The van der Waals surface area contributed by atoms with Gasteiger partial charge in [0.1, 0.15) is 5.60 Å². The Bertz CT molecular complexity index is 1150. The van der Waals surface area contributed by atoms with E-state index in [2.05, 4.69) is 11.4 Å². The number of carbonyl (C=O) groups is 1. The fourth-order valence-corrected chi connectivity index (χ4v) is 6.00. The molecule has 0 spiro atoms. The Morgan fingerprint density at radius 3 is 2.54 bits per heavy atom. The maximum absolute atomic E-state index is 13.6. The number of hydrogen-bond acceptors (Lipinski definition) is 4. The first kappa shape index (κ1) is 25.3. The van der Waals surface area contributed by atoms with E-state index in [4.69, 9.17) is 5.26 Å². The first-order chi connectivity index (χ1) is 16.7. The molecular formula is C27H27F3N2O2S. The van der Waals surface area contributed by atoms with E-state index in [1.807, 2.05) is 29.7 Å². The van der Waals surface area contributed by atoms with Gasteiger partial charge in [-0.25, -0.2) is 0 Å². The minimum absolute atomic E-state index is 0.0804. The molecule has 1 aliphatic carbocycles. The summed E-state index contributed by atoms with van der Waals surface area (Å²) in [6.07, 6.45) is 1.60. The Balaban J connectivity index is 1.67. The summed E-state index contributed by atoms with van der Waals surface area (Å²) in [5.74, 6) is 0.0469. The number of rotatable bonds is 6. The van der Waals surface area contributed by atoms with Gasteiger partial charge in [0.25, 0.3) is 5.91 Å². The van der Waals surface area contributed by atoms with Crippen molar-refractivity contribution in [3.8, 4) is 6.07 Å². The quantitative estimate of drug-likeness (QED) is 0.481. The van der Waals surface area contributed by atoms with E-state index >= 15 is 0 Å². The van der Waals surface area contributed by atoms with E-state index in [-0.39, 0.29) is 23.9 Å². The van der Waals surface area contributed by atoms with Gasteiger partial charge in [0.2, 0.25) is 0 Å². The average molecular weight is 501 g/mol. The van der Waals surface area contributed by atoms with Gasteiger partial charge in [0.05, 0.1) is 17.2 Å². The third-order valence-electron chi connectivity index (χ3n) is 6.97. The first-order valence-corrected chi connectivity index (χ1v) is 12.8. The molecule has 35 heavy (non-hydrogen) atoms. The molecule has 2 N–H and O–H groups in total. The van der Waals surface area contributed by atoms with Crippen LogP contribution in [0.2, 0.25) is 0 Å². The van der Waals surface area contributed by atoms with Crippen molar-refractivity contribution < 1.29 is 23.1 Å². The first-order valence-electron chi connectivity index (χ1n) is 11.7. The Morgan fingerprint density at radius 1 is 1.14 bits per heavy atom. The lowest BCUT2D eigenvalue weighted by molar-refractivity contribution is -0.142. The molecular weight excluding hydrogens is 473 g/mol. The third kappa shape index (κ3) is 5.57. The van der Waals surface area contributed by atoms with Crippen molar-refractivity contribution >= 4 is 23.4 Å². The molecule has 1 fully saturated rings. The maximum atomic E-state index is 13.6. The highest BCUT2D eigenvalue weighted by molar-refractivity contribution is 8.02. The topological polar surface area (TPSA) is 73.1 Å². The minimum Gasteiger partial charge on any atom is -0.379 e. The fraction of sp³-hybridized carbons (Fsp3) is 0.407. The molecule has 1 aliphatic heterocycles. The molecule has 0 radical (unpaired) electrons. The van der Waals surface area contributed by atoms with E-state index in [0.717, 1.165) is 48.3 Å². The second kappa shape index (κ2) is 10.5. The number of anilines is 1. The number of nitrogens with zero attached hydrogens (tertiary/aromatic N) is 1. The maximum Gasteiger partial charge on any atom is 0.417 e. The summed E-state index contributed by atoms with van der Waals surface area (Å²) in [5.41, 5.74) is -1.60. The summed E-state index contributed by atoms with van der Waals surface area (Å²) in [5, 5.41) is 25.5. The summed E-state index contributed by atoms with van der Waals surface area (Å²) in [6.45, 7) is 0. The molecule has 2 aromatic carbocycles. The van der Waals surface area contributed by atoms with E-state index in [0.29, 0.717) is 12.8 Å². The summed E-state index contributed by atoms with van der Waals surface area (Å²) < 4.78 is 40.3. The Hall–Kier alpha value is -2.76. The van der Waals surface area contributed by atoms with Gasteiger partial charge < -0.3 is 10.4 Å². The number of aliphatic hydroxyl groups is 1.